The van der Waals surface area contributed by atoms with Crippen LogP contribution in [0.4, 0.5) is 11.4 Å². The second kappa shape index (κ2) is 7.14. The van der Waals surface area contributed by atoms with Crippen LogP contribution < -0.4 is 4.90 Å². The van der Waals surface area contributed by atoms with Crippen LogP contribution in [0.3, 0.4) is 0 Å². The van der Waals surface area contributed by atoms with E-state index in [-0.39, 0.29) is 5.56 Å². The smallest absolute Gasteiger partial charge is 0.337 e. The molecule has 0 bridgehead atoms. The van der Waals surface area contributed by atoms with E-state index in [2.05, 4.69) is 9.97 Å². The number of para-hydroxylation sites is 1. The number of aromatic amines is 1. The number of aromatic carboxylic acids is 1. The normalized spacial score (nSPS) is 11.3. The van der Waals surface area contributed by atoms with Gasteiger partial charge in [-0.3, -0.25) is 9.67 Å². The van der Waals surface area contributed by atoms with Crippen molar-refractivity contribution < 1.29 is 9.90 Å². The first-order valence-corrected chi connectivity index (χ1v) is 9.99. The largest absolute Gasteiger partial charge is 0.478 e. The Kier molecular flexibility index (Phi) is 4.41. The lowest BCUT2D eigenvalue weighted by atomic mass is 10.1. The molecule has 0 fully saturated rings. The highest BCUT2D eigenvalue weighted by molar-refractivity contribution is 6.33. The quantitative estimate of drug-likeness (QED) is 0.406. The standard InChI is InChI=1S/C23H18ClN5O2/c1-28(18-8-4-3-7-15(18)24)19-9-5-6-13-21(19)27-29(2)22(13)17-12-16-20(26-17)14(23(30)31)10-11-25-16/h3-12,26H,1-2H3,(H,30,31). The average Bonchev–Trinajstić information content (AvgIpc) is 3.32. The van der Waals surface area contributed by atoms with Gasteiger partial charge in [0.05, 0.1) is 44.4 Å². The van der Waals surface area contributed by atoms with Crippen molar-refractivity contribution in [1.29, 1.82) is 0 Å². The van der Waals surface area contributed by atoms with Crippen molar-refractivity contribution in [3.63, 3.8) is 0 Å². The molecule has 5 aromatic rings. The van der Waals surface area contributed by atoms with Crippen LogP contribution in [0.1, 0.15) is 10.4 Å². The van der Waals surface area contributed by atoms with Gasteiger partial charge in [0.15, 0.2) is 0 Å². The maximum atomic E-state index is 11.6. The summed E-state index contributed by atoms with van der Waals surface area (Å²) < 4.78 is 1.79. The number of aromatic nitrogens is 4. The Bertz CT molecular complexity index is 1470. The lowest BCUT2D eigenvalue weighted by Gasteiger charge is -2.21. The molecule has 0 saturated carbocycles. The van der Waals surface area contributed by atoms with Crippen LogP contribution in [0.5, 0.6) is 0 Å². The molecule has 3 aromatic heterocycles. The van der Waals surface area contributed by atoms with Gasteiger partial charge in [-0.2, -0.15) is 5.10 Å². The second-order valence-electron chi connectivity index (χ2n) is 7.26. The first-order chi connectivity index (χ1) is 15.0. The predicted molar refractivity (Wildman–Crippen MR) is 122 cm³/mol. The van der Waals surface area contributed by atoms with Crippen molar-refractivity contribution in [2.45, 2.75) is 0 Å². The molecule has 3 heterocycles. The molecule has 0 spiro atoms. The highest BCUT2D eigenvalue weighted by Gasteiger charge is 2.20. The van der Waals surface area contributed by atoms with Crippen LogP contribution in [-0.4, -0.2) is 37.9 Å². The Morgan fingerprint density at radius 1 is 1.13 bits per heavy atom. The van der Waals surface area contributed by atoms with Crippen molar-refractivity contribution >= 4 is 50.9 Å². The summed E-state index contributed by atoms with van der Waals surface area (Å²) in [7, 11) is 3.82. The summed E-state index contributed by atoms with van der Waals surface area (Å²) in [5, 5.41) is 15.9. The van der Waals surface area contributed by atoms with Gasteiger partial charge in [-0.15, -0.1) is 0 Å². The molecular weight excluding hydrogens is 414 g/mol. The Morgan fingerprint density at radius 3 is 2.68 bits per heavy atom. The Balaban J connectivity index is 1.70. The molecule has 0 radical (unpaired) electrons. The number of nitrogens with one attached hydrogen (secondary N) is 1. The van der Waals surface area contributed by atoms with Crippen LogP contribution in [0, 0.1) is 0 Å². The van der Waals surface area contributed by atoms with Gasteiger partial charge in [0.1, 0.15) is 5.52 Å². The van der Waals surface area contributed by atoms with Crippen LogP contribution in [-0.2, 0) is 7.05 Å². The third-order valence-corrected chi connectivity index (χ3v) is 5.74. The van der Waals surface area contributed by atoms with Gasteiger partial charge < -0.3 is 15.0 Å². The van der Waals surface area contributed by atoms with Crippen molar-refractivity contribution in [1.82, 2.24) is 19.7 Å². The van der Waals surface area contributed by atoms with Crippen molar-refractivity contribution in [3.8, 4) is 11.4 Å². The topological polar surface area (TPSA) is 87.0 Å². The minimum Gasteiger partial charge on any atom is -0.478 e. The number of fused-ring (bicyclic) bond motifs is 2. The van der Waals surface area contributed by atoms with Gasteiger partial charge in [0.2, 0.25) is 0 Å². The molecule has 8 heteroatoms. The molecule has 0 aliphatic heterocycles. The molecule has 7 nitrogen and oxygen atoms in total. The second-order valence-corrected chi connectivity index (χ2v) is 7.67. The van der Waals surface area contributed by atoms with E-state index in [4.69, 9.17) is 16.7 Å². The number of carboxylic acid groups (broad SMARTS) is 1. The van der Waals surface area contributed by atoms with E-state index in [0.717, 1.165) is 33.7 Å². The minimum absolute atomic E-state index is 0.182. The summed E-state index contributed by atoms with van der Waals surface area (Å²) in [5.41, 5.74) is 5.46. The number of H-pyrrole nitrogens is 1. The highest BCUT2D eigenvalue weighted by Crippen LogP contribution is 2.38. The van der Waals surface area contributed by atoms with Gasteiger partial charge in [0.25, 0.3) is 0 Å². The summed E-state index contributed by atoms with van der Waals surface area (Å²) in [6, 6.07) is 17.0. The number of carbonyl (C=O) groups is 1. The molecule has 2 aromatic carbocycles. The maximum absolute atomic E-state index is 11.6. The first-order valence-electron chi connectivity index (χ1n) is 9.61. The van der Waals surface area contributed by atoms with E-state index < -0.39 is 5.97 Å². The molecule has 0 unspecified atom stereocenters. The Labute approximate surface area is 182 Å². The number of hydrogen-bond acceptors (Lipinski definition) is 4. The van der Waals surface area contributed by atoms with E-state index in [1.54, 1.807) is 4.68 Å². The summed E-state index contributed by atoms with van der Waals surface area (Å²) >= 11 is 6.41. The van der Waals surface area contributed by atoms with Crippen LogP contribution >= 0.6 is 11.6 Å². The molecule has 5 rings (SSSR count). The monoisotopic (exact) mass is 431 g/mol. The molecular formula is C23H18ClN5O2. The fourth-order valence-corrected chi connectivity index (χ4v) is 4.24. The number of hydrogen-bond donors (Lipinski definition) is 2. The molecule has 0 aliphatic rings. The van der Waals surface area contributed by atoms with Crippen LogP contribution in [0.2, 0.25) is 5.02 Å². The van der Waals surface area contributed by atoms with Gasteiger partial charge >= 0.3 is 5.97 Å². The number of halogens is 1. The van der Waals surface area contributed by atoms with E-state index in [0.29, 0.717) is 16.1 Å². The summed E-state index contributed by atoms with van der Waals surface area (Å²) in [6.45, 7) is 0. The summed E-state index contributed by atoms with van der Waals surface area (Å²) in [6.07, 6.45) is 1.50. The molecule has 31 heavy (non-hydrogen) atoms. The molecule has 0 atom stereocenters. The highest BCUT2D eigenvalue weighted by atomic mass is 35.5. The van der Waals surface area contributed by atoms with Crippen LogP contribution in [0.15, 0.2) is 60.8 Å². The van der Waals surface area contributed by atoms with Gasteiger partial charge in [0, 0.05) is 25.7 Å². The van der Waals surface area contributed by atoms with E-state index in [1.165, 1.54) is 12.3 Å². The third kappa shape index (κ3) is 3.02. The molecule has 2 N–H and O–H groups in total. The zero-order chi connectivity index (χ0) is 21.7. The van der Waals surface area contributed by atoms with E-state index in [1.807, 2.05) is 67.5 Å². The SMILES string of the molecule is CN(c1ccccc1Cl)c1cccc2c(-c3cc4nccc(C(=O)O)c4[nH]3)n(C)nc12. The van der Waals surface area contributed by atoms with E-state index >= 15 is 0 Å². The summed E-state index contributed by atoms with van der Waals surface area (Å²) in [4.78, 5) is 21.1. The maximum Gasteiger partial charge on any atom is 0.337 e. The fourth-order valence-electron chi connectivity index (χ4n) is 3.98. The molecule has 0 amide bonds. The van der Waals surface area contributed by atoms with Crippen molar-refractivity contribution in [3.05, 3.63) is 71.4 Å². The first kappa shape index (κ1) is 19.1. The number of aryl methyl sites for hydroxylation is 1. The number of nitrogens with zero attached hydrogens (tertiary/aromatic N) is 4. The zero-order valence-corrected chi connectivity index (χ0v) is 17.6. The van der Waals surface area contributed by atoms with Gasteiger partial charge in [-0.1, -0.05) is 35.9 Å². The number of benzene rings is 2. The molecule has 0 saturated heterocycles. The van der Waals surface area contributed by atoms with Crippen molar-refractivity contribution in [2.75, 3.05) is 11.9 Å². The zero-order valence-electron chi connectivity index (χ0n) is 16.8. The Morgan fingerprint density at radius 2 is 1.90 bits per heavy atom. The van der Waals surface area contributed by atoms with Crippen molar-refractivity contribution in [2.24, 2.45) is 7.05 Å². The number of pyridine rings is 1. The minimum atomic E-state index is -1.00. The lowest BCUT2D eigenvalue weighted by molar-refractivity contribution is 0.0698. The predicted octanol–water partition coefficient (Wildman–Crippen LogP) is 5.24. The molecule has 0 aliphatic carbocycles. The number of carboxylic acids is 1. The third-order valence-electron chi connectivity index (χ3n) is 5.43. The lowest BCUT2D eigenvalue weighted by Crippen LogP contribution is -2.10. The van der Waals surface area contributed by atoms with E-state index in [9.17, 15) is 9.90 Å². The van der Waals surface area contributed by atoms with Gasteiger partial charge in [-0.25, -0.2) is 4.79 Å². The van der Waals surface area contributed by atoms with Crippen LogP contribution in [0.25, 0.3) is 33.3 Å². The van der Waals surface area contributed by atoms with Gasteiger partial charge in [-0.05, 0) is 30.3 Å². The summed E-state index contributed by atoms with van der Waals surface area (Å²) in [5.74, 6) is -1.00. The average molecular weight is 432 g/mol. The number of anilines is 2. The Hall–Kier alpha value is -3.84. The fraction of sp³-hybridized carbons (Fsp3) is 0.0870. The number of rotatable bonds is 4. The molecule has 154 valence electrons.